The lowest BCUT2D eigenvalue weighted by atomic mass is 10.00. The predicted molar refractivity (Wildman–Crippen MR) is 67.5 cm³/mol. The van der Waals surface area contributed by atoms with E-state index < -0.39 is 17.3 Å². The molecule has 6 heteroatoms. The van der Waals surface area contributed by atoms with E-state index in [0.717, 1.165) is 12.1 Å². The second kappa shape index (κ2) is 4.23. The number of rotatable bonds is 2. The Morgan fingerprint density at radius 3 is 2.47 bits per heavy atom. The minimum Gasteiger partial charge on any atom is -0.330 e. The van der Waals surface area contributed by atoms with Gasteiger partial charge in [-0.15, -0.1) is 0 Å². The highest BCUT2D eigenvalue weighted by Gasteiger charge is 2.32. The molecule has 2 aromatic rings. The number of hydrogen-bond donors (Lipinski definition) is 1. The van der Waals surface area contributed by atoms with Crippen molar-refractivity contribution in [1.82, 2.24) is 9.55 Å². The molecule has 2 rings (SSSR count). The summed E-state index contributed by atoms with van der Waals surface area (Å²) in [6, 6.07) is 3.55. The normalized spacial score (nSPS) is 15.7. The molecule has 0 amide bonds. The molecule has 1 unspecified atom stereocenters. The lowest BCUT2D eigenvalue weighted by Crippen LogP contribution is -2.35. The lowest BCUT2D eigenvalue weighted by Gasteiger charge is -2.21. The molecule has 0 aliphatic carbocycles. The number of aromatic nitrogens is 2. The van der Waals surface area contributed by atoms with Gasteiger partial charge in [0, 0.05) is 7.05 Å². The van der Waals surface area contributed by atoms with Crippen LogP contribution in [0.3, 0.4) is 0 Å². The number of hydrogen-bond acceptors (Lipinski definition) is 2. The summed E-state index contributed by atoms with van der Waals surface area (Å²) in [7, 11) is 1.76. The molecule has 1 aromatic heterocycles. The zero-order chi connectivity index (χ0) is 14.4. The molecule has 1 atom stereocenters. The Hall–Kier alpha value is -1.56. The number of alkyl halides is 3. The SMILES string of the molecule is CCC(C)(N)c1nc2cc(C(F)(F)F)ccc2n1C. The first-order valence-electron chi connectivity index (χ1n) is 6.00. The fraction of sp³-hybridized carbons (Fsp3) is 0.462. The highest BCUT2D eigenvalue weighted by atomic mass is 19.4. The summed E-state index contributed by atoms with van der Waals surface area (Å²) in [6.45, 7) is 3.74. The first-order valence-corrected chi connectivity index (χ1v) is 6.00. The third-order valence-electron chi connectivity index (χ3n) is 3.45. The van der Waals surface area contributed by atoms with Gasteiger partial charge in [-0.2, -0.15) is 13.2 Å². The van der Waals surface area contributed by atoms with E-state index in [1.807, 2.05) is 13.8 Å². The maximum atomic E-state index is 12.7. The van der Waals surface area contributed by atoms with E-state index in [4.69, 9.17) is 5.73 Å². The second-order valence-electron chi connectivity index (χ2n) is 4.97. The monoisotopic (exact) mass is 271 g/mol. The molecule has 104 valence electrons. The van der Waals surface area contributed by atoms with E-state index >= 15 is 0 Å². The summed E-state index contributed by atoms with van der Waals surface area (Å²) < 4.78 is 39.7. The maximum Gasteiger partial charge on any atom is 0.416 e. The van der Waals surface area contributed by atoms with Crippen molar-refractivity contribution >= 4 is 11.0 Å². The van der Waals surface area contributed by atoms with Gasteiger partial charge in [0.05, 0.1) is 22.1 Å². The minimum atomic E-state index is -4.36. The maximum absolute atomic E-state index is 12.7. The van der Waals surface area contributed by atoms with Crippen LogP contribution in [0.15, 0.2) is 18.2 Å². The zero-order valence-corrected chi connectivity index (χ0v) is 11.0. The van der Waals surface area contributed by atoms with Crippen molar-refractivity contribution in [2.24, 2.45) is 12.8 Å². The number of aryl methyl sites for hydroxylation is 1. The summed E-state index contributed by atoms with van der Waals surface area (Å²) >= 11 is 0. The molecule has 1 aromatic carbocycles. The standard InChI is InChI=1S/C13H16F3N3/c1-4-12(2,17)11-18-9-7-8(13(14,15)16)5-6-10(9)19(11)3/h5-7H,4,17H2,1-3H3. The first-order chi connectivity index (χ1) is 8.66. The molecule has 0 bridgehead atoms. The summed E-state index contributed by atoms with van der Waals surface area (Å²) in [5.74, 6) is 0.587. The number of benzene rings is 1. The zero-order valence-electron chi connectivity index (χ0n) is 11.0. The fourth-order valence-electron chi connectivity index (χ4n) is 2.05. The van der Waals surface area contributed by atoms with Crippen LogP contribution in [0.25, 0.3) is 11.0 Å². The van der Waals surface area contributed by atoms with E-state index in [1.54, 1.807) is 11.6 Å². The van der Waals surface area contributed by atoms with Crippen molar-refractivity contribution in [2.75, 3.05) is 0 Å². The molecule has 2 N–H and O–H groups in total. The third-order valence-corrected chi connectivity index (χ3v) is 3.45. The number of nitrogens with zero attached hydrogens (tertiary/aromatic N) is 2. The Morgan fingerprint density at radius 2 is 1.95 bits per heavy atom. The fourth-order valence-corrected chi connectivity index (χ4v) is 2.05. The van der Waals surface area contributed by atoms with Crippen molar-refractivity contribution in [3.63, 3.8) is 0 Å². The molecule has 0 aliphatic rings. The summed E-state index contributed by atoms with van der Waals surface area (Å²) in [5.41, 5.74) is 5.73. The molecule has 1 heterocycles. The molecule has 19 heavy (non-hydrogen) atoms. The van der Waals surface area contributed by atoms with Crippen LogP contribution in [-0.4, -0.2) is 9.55 Å². The van der Waals surface area contributed by atoms with E-state index in [9.17, 15) is 13.2 Å². The van der Waals surface area contributed by atoms with Gasteiger partial charge in [-0.3, -0.25) is 0 Å². The Kier molecular flexibility index (Phi) is 3.09. The smallest absolute Gasteiger partial charge is 0.330 e. The van der Waals surface area contributed by atoms with Crippen LogP contribution >= 0.6 is 0 Å². The third kappa shape index (κ3) is 2.32. The summed E-state index contributed by atoms with van der Waals surface area (Å²) in [6.07, 6.45) is -3.71. The van der Waals surface area contributed by atoms with Crippen LogP contribution in [0.4, 0.5) is 13.2 Å². The van der Waals surface area contributed by atoms with Crippen LogP contribution in [0.5, 0.6) is 0 Å². The van der Waals surface area contributed by atoms with Crippen LogP contribution in [0.1, 0.15) is 31.7 Å². The van der Waals surface area contributed by atoms with Crippen molar-refractivity contribution < 1.29 is 13.2 Å². The lowest BCUT2D eigenvalue weighted by molar-refractivity contribution is -0.137. The van der Waals surface area contributed by atoms with E-state index in [-0.39, 0.29) is 0 Å². The number of fused-ring (bicyclic) bond motifs is 1. The predicted octanol–water partition coefficient (Wildman–Crippen LogP) is 3.18. The average molecular weight is 271 g/mol. The Balaban J connectivity index is 2.64. The van der Waals surface area contributed by atoms with E-state index in [1.165, 1.54) is 6.07 Å². The van der Waals surface area contributed by atoms with Crippen LogP contribution in [0.2, 0.25) is 0 Å². The quantitative estimate of drug-likeness (QED) is 0.911. The topological polar surface area (TPSA) is 43.8 Å². The Bertz CT molecular complexity index is 611. The van der Waals surface area contributed by atoms with Crippen LogP contribution in [0, 0.1) is 0 Å². The van der Waals surface area contributed by atoms with E-state index in [0.29, 0.717) is 23.3 Å². The van der Waals surface area contributed by atoms with Gasteiger partial charge in [0.1, 0.15) is 5.82 Å². The minimum absolute atomic E-state index is 0.317. The highest BCUT2D eigenvalue weighted by Crippen LogP contribution is 2.32. The molecule has 0 radical (unpaired) electrons. The summed E-state index contributed by atoms with van der Waals surface area (Å²) in [4.78, 5) is 4.27. The molecule has 0 aliphatic heterocycles. The number of imidazole rings is 1. The van der Waals surface area contributed by atoms with Crippen LogP contribution in [-0.2, 0) is 18.8 Å². The van der Waals surface area contributed by atoms with Gasteiger partial charge in [-0.25, -0.2) is 4.98 Å². The number of halogens is 3. The average Bonchev–Trinajstić information content (AvgIpc) is 2.66. The van der Waals surface area contributed by atoms with Crippen molar-refractivity contribution in [2.45, 2.75) is 32.0 Å². The van der Waals surface area contributed by atoms with Gasteiger partial charge < -0.3 is 10.3 Å². The van der Waals surface area contributed by atoms with E-state index in [2.05, 4.69) is 4.98 Å². The van der Waals surface area contributed by atoms with Crippen molar-refractivity contribution in [3.8, 4) is 0 Å². The van der Waals surface area contributed by atoms with Crippen molar-refractivity contribution in [1.29, 1.82) is 0 Å². The largest absolute Gasteiger partial charge is 0.416 e. The first kappa shape index (κ1) is 13.9. The van der Waals surface area contributed by atoms with Gasteiger partial charge in [-0.1, -0.05) is 6.92 Å². The van der Waals surface area contributed by atoms with Gasteiger partial charge in [0.25, 0.3) is 0 Å². The molecule has 0 fully saturated rings. The molecule has 0 spiro atoms. The molecule has 0 saturated heterocycles. The molecule has 0 saturated carbocycles. The second-order valence-corrected chi connectivity index (χ2v) is 4.97. The van der Waals surface area contributed by atoms with Gasteiger partial charge in [0.15, 0.2) is 0 Å². The summed E-state index contributed by atoms with van der Waals surface area (Å²) in [5, 5.41) is 0. The molecular formula is C13H16F3N3. The number of nitrogens with two attached hydrogens (primary N) is 1. The van der Waals surface area contributed by atoms with Gasteiger partial charge in [0.2, 0.25) is 0 Å². The van der Waals surface area contributed by atoms with Crippen molar-refractivity contribution in [3.05, 3.63) is 29.6 Å². The van der Waals surface area contributed by atoms with Gasteiger partial charge >= 0.3 is 6.18 Å². The Labute approximate surface area is 109 Å². The van der Waals surface area contributed by atoms with Crippen LogP contribution < -0.4 is 5.73 Å². The highest BCUT2D eigenvalue weighted by molar-refractivity contribution is 5.77. The molecular weight excluding hydrogens is 255 g/mol. The van der Waals surface area contributed by atoms with Gasteiger partial charge in [-0.05, 0) is 31.5 Å². The molecule has 3 nitrogen and oxygen atoms in total. The Morgan fingerprint density at radius 1 is 1.32 bits per heavy atom.